The summed E-state index contributed by atoms with van der Waals surface area (Å²) in [5.41, 5.74) is 0. The lowest BCUT2D eigenvalue weighted by atomic mass is 10.0. The number of carbonyl (C=O) groups excluding carboxylic acids is 4. The Morgan fingerprint density at radius 1 is 0.224 bits per heavy atom. The maximum Gasteiger partial charge on any atom is 0.472 e. The maximum atomic E-state index is 13.1. The number of phosphoric acid groups is 2. The van der Waals surface area contributed by atoms with Crippen molar-refractivity contribution < 1.29 is 80.2 Å². The highest BCUT2D eigenvalue weighted by molar-refractivity contribution is 7.47. The second kappa shape index (κ2) is 82.1. The fourth-order valence-electron chi connectivity index (χ4n) is 13.9. The van der Waals surface area contributed by atoms with Gasteiger partial charge < -0.3 is 33.8 Å². The number of unbranched alkanes of at least 4 members (excludes halogenated alkanes) is 63. The number of aliphatic hydroxyl groups is 1. The molecular weight excluding hydrogens is 1390 g/mol. The quantitative estimate of drug-likeness (QED) is 0.0222. The Morgan fingerprint density at radius 2 is 0.374 bits per heavy atom. The third kappa shape index (κ3) is 81.9. The molecule has 0 aliphatic heterocycles. The van der Waals surface area contributed by atoms with Crippen molar-refractivity contribution in [2.75, 3.05) is 39.6 Å². The van der Waals surface area contributed by atoms with Gasteiger partial charge in [-0.05, 0) is 25.7 Å². The summed E-state index contributed by atoms with van der Waals surface area (Å²) in [7, 11) is -9.92. The van der Waals surface area contributed by atoms with Crippen LogP contribution in [0.5, 0.6) is 0 Å². The SMILES string of the molecule is CCCCCCCCCCCCCCCCCCCCCCCCC(=O)OC[C@H](COP(=O)(O)OC[C@@H](O)COP(=O)(O)OC[C@@H](COC(=O)CCCCCCC)OC(=O)CCCCCCCCCCCCCCCCCCCC)OC(=O)CCCCCCCCCCCCCCCCCCCCCCCC. The third-order valence-corrected chi connectivity index (χ3v) is 22.8. The van der Waals surface area contributed by atoms with Crippen LogP contribution in [0.2, 0.25) is 0 Å². The summed E-state index contributed by atoms with van der Waals surface area (Å²) in [5.74, 6) is -2.11. The van der Waals surface area contributed by atoms with E-state index in [-0.39, 0.29) is 25.7 Å². The van der Waals surface area contributed by atoms with Gasteiger partial charge in [0.15, 0.2) is 12.2 Å². The fraction of sp³-hybridized carbons (Fsp3) is 0.955. The zero-order valence-corrected chi connectivity index (χ0v) is 71.9. The first-order chi connectivity index (χ1) is 52.2. The first-order valence-corrected chi connectivity index (χ1v) is 48.8. The zero-order valence-electron chi connectivity index (χ0n) is 70.1. The number of carbonyl (C=O) groups is 4. The Balaban J connectivity index is 5.08. The van der Waals surface area contributed by atoms with Gasteiger partial charge in [-0.15, -0.1) is 0 Å². The molecule has 5 atom stereocenters. The van der Waals surface area contributed by atoms with E-state index in [1.54, 1.807) is 0 Å². The van der Waals surface area contributed by atoms with Crippen LogP contribution in [0.4, 0.5) is 0 Å². The minimum Gasteiger partial charge on any atom is -0.462 e. The van der Waals surface area contributed by atoms with E-state index < -0.39 is 97.5 Å². The first-order valence-electron chi connectivity index (χ1n) is 45.8. The van der Waals surface area contributed by atoms with Gasteiger partial charge in [-0.2, -0.15) is 0 Å². The standard InChI is InChI=1S/C88H172O17P2/c1-5-9-13-17-20-23-26-29-32-35-38-40-42-44-47-49-52-55-58-61-65-69-73-86(91)99-79-84(105-88(93)75-71-67-63-60-57-54-51-48-45-43-41-39-36-33-30-27-24-21-18-14-10-6-2)81-103-107(96,97)101-77-82(89)76-100-106(94,95)102-80-83(78-98-85(90)72-68-64-16-12-8-4)104-87(92)74-70-66-62-59-56-53-50-46-37-34-31-28-25-22-19-15-11-7-3/h82-84,89H,5-81H2,1-4H3,(H,94,95)(H,96,97)/t82-,83+,84+/m0/s1. The van der Waals surface area contributed by atoms with Gasteiger partial charge in [-0.1, -0.05) is 432 Å². The predicted molar refractivity (Wildman–Crippen MR) is 442 cm³/mol. The number of esters is 4. The summed E-state index contributed by atoms with van der Waals surface area (Å²) in [6, 6.07) is 0. The summed E-state index contributed by atoms with van der Waals surface area (Å²) in [6.07, 6.45) is 78.6. The number of phosphoric ester groups is 2. The normalized spacial score (nSPS) is 13.7. The Bertz CT molecular complexity index is 2020. The number of aliphatic hydroxyl groups excluding tert-OH is 1. The monoisotopic (exact) mass is 1560 g/mol. The molecule has 0 aromatic heterocycles. The number of rotatable bonds is 89. The molecule has 0 amide bonds. The van der Waals surface area contributed by atoms with E-state index >= 15 is 0 Å². The summed E-state index contributed by atoms with van der Waals surface area (Å²) in [6.45, 7) is 4.97. The average molecular weight is 1560 g/mol. The van der Waals surface area contributed by atoms with E-state index in [2.05, 4.69) is 27.7 Å². The van der Waals surface area contributed by atoms with Gasteiger partial charge >= 0.3 is 39.5 Å². The van der Waals surface area contributed by atoms with E-state index in [4.69, 9.17) is 37.0 Å². The lowest BCUT2D eigenvalue weighted by Crippen LogP contribution is -2.30. The van der Waals surface area contributed by atoms with Gasteiger partial charge in [-0.25, -0.2) is 9.13 Å². The lowest BCUT2D eigenvalue weighted by Gasteiger charge is -2.21. The molecule has 0 aliphatic carbocycles. The number of hydrogen-bond donors (Lipinski definition) is 3. The Morgan fingerprint density at radius 3 is 0.551 bits per heavy atom. The van der Waals surface area contributed by atoms with Gasteiger partial charge in [0, 0.05) is 25.7 Å². The van der Waals surface area contributed by atoms with Crippen LogP contribution in [-0.4, -0.2) is 96.7 Å². The van der Waals surface area contributed by atoms with Crippen LogP contribution in [0.1, 0.15) is 484 Å². The van der Waals surface area contributed by atoms with Crippen molar-refractivity contribution in [1.82, 2.24) is 0 Å². The van der Waals surface area contributed by atoms with E-state index in [1.165, 1.54) is 308 Å². The smallest absolute Gasteiger partial charge is 0.462 e. The Kier molecular flexibility index (Phi) is 80.6. The highest BCUT2D eigenvalue weighted by Gasteiger charge is 2.30. The van der Waals surface area contributed by atoms with Crippen LogP contribution >= 0.6 is 15.6 Å². The molecule has 0 saturated heterocycles. The molecular formula is C88H172O17P2. The van der Waals surface area contributed by atoms with Gasteiger partial charge in [0.1, 0.15) is 19.3 Å². The van der Waals surface area contributed by atoms with Crippen molar-refractivity contribution in [3.63, 3.8) is 0 Å². The van der Waals surface area contributed by atoms with Crippen molar-refractivity contribution in [3.05, 3.63) is 0 Å². The topological polar surface area (TPSA) is 237 Å². The van der Waals surface area contributed by atoms with Gasteiger partial charge in [-0.3, -0.25) is 37.3 Å². The van der Waals surface area contributed by atoms with Crippen LogP contribution in [0, 0.1) is 0 Å². The van der Waals surface area contributed by atoms with Gasteiger partial charge in [0.25, 0.3) is 0 Å². The van der Waals surface area contributed by atoms with Gasteiger partial charge in [0.2, 0.25) is 0 Å². The Labute approximate surface area is 658 Å². The number of ether oxygens (including phenoxy) is 4. The molecule has 0 spiro atoms. The summed E-state index contributed by atoms with van der Waals surface area (Å²) >= 11 is 0. The Hall–Kier alpha value is -1.94. The molecule has 0 aromatic carbocycles. The lowest BCUT2D eigenvalue weighted by molar-refractivity contribution is -0.161. The molecule has 0 fully saturated rings. The average Bonchev–Trinajstić information content (AvgIpc) is 0.901. The van der Waals surface area contributed by atoms with Crippen LogP contribution in [0.3, 0.4) is 0 Å². The van der Waals surface area contributed by atoms with E-state index in [9.17, 15) is 43.2 Å². The van der Waals surface area contributed by atoms with Crippen LogP contribution in [0.15, 0.2) is 0 Å². The molecule has 0 heterocycles. The molecule has 0 radical (unpaired) electrons. The molecule has 3 N–H and O–H groups in total. The van der Waals surface area contributed by atoms with Crippen LogP contribution in [-0.2, 0) is 65.4 Å². The van der Waals surface area contributed by atoms with Crippen molar-refractivity contribution >= 4 is 39.5 Å². The molecule has 2 unspecified atom stereocenters. The molecule has 0 rings (SSSR count). The molecule has 0 aliphatic rings. The van der Waals surface area contributed by atoms with Crippen LogP contribution in [0.25, 0.3) is 0 Å². The van der Waals surface area contributed by atoms with Crippen molar-refractivity contribution in [3.8, 4) is 0 Å². The second-order valence-corrected chi connectivity index (χ2v) is 34.5. The third-order valence-electron chi connectivity index (χ3n) is 20.9. The molecule has 0 saturated carbocycles. The van der Waals surface area contributed by atoms with Gasteiger partial charge in [0.05, 0.1) is 26.4 Å². The molecule has 17 nitrogen and oxygen atoms in total. The molecule has 0 aromatic rings. The molecule has 107 heavy (non-hydrogen) atoms. The first kappa shape index (κ1) is 105. The van der Waals surface area contributed by atoms with E-state index in [1.807, 2.05) is 0 Å². The van der Waals surface area contributed by atoms with Crippen molar-refractivity contribution in [2.24, 2.45) is 0 Å². The largest absolute Gasteiger partial charge is 0.472 e. The second-order valence-electron chi connectivity index (χ2n) is 31.6. The molecule has 19 heteroatoms. The molecule has 0 bridgehead atoms. The number of hydrogen-bond acceptors (Lipinski definition) is 15. The van der Waals surface area contributed by atoms with E-state index in [0.29, 0.717) is 25.7 Å². The maximum absolute atomic E-state index is 13.1. The summed E-state index contributed by atoms with van der Waals surface area (Å²) in [5, 5.41) is 10.6. The van der Waals surface area contributed by atoms with Crippen LogP contribution < -0.4 is 0 Å². The highest BCUT2D eigenvalue weighted by Crippen LogP contribution is 2.45. The predicted octanol–water partition coefficient (Wildman–Crippen LogP) is 27.3. The minimum atomic E-state index is -4.96. The minimum absolute atomic E-state index is 0.108. The highest BCUT2D eigenvalue weighted by atomic mass is 31.2. The zero-order chi connectivity index (χ0) is 78.1. The van der Waals surface area contributed by atoms with E-state index in [0.717, 1.165) is 96.3 Å². The van der Waals surface area contributed by atoms with Crippen molar-refractivity contribution in [1.29, 1.82) is 0 Å². The fourth-order valence-corrected chi connectivity index (χ4v) is 15.5. The summed E-state index contributed by atoms with van der Waals surface area (Å²) < 4.78 is 68.7. The van der Waals surface area contributed by atoms with Crippen molar-refractivity contribution in [2.45, 2.75) is 502 Å². The summed E-state index contributed by atoms with van der Waals surface area (Å²) in [4.78, 5) is 72.9. The molecule has 636 valence electrons.